The lowest BCUT2D eigenvalue weighted by Crippen LogP contribution is -2.41. The first-order valence-electron chi connectivity index (χ1n) is 21.6. The highest BCUT2D eigenvalue weighted by Crippen LogP contribution is 2.52. The summed E-state index contributed by atoms with van der Waals surface area (Å²) < 4.78 is 0. The lowest BCUT2D eigenvalue weighted by atomic mass is 9.57. The molecule has 61 heavy (non-hydrogen) atoms. The number of fused-ring (bicyclic) bond motifs is 8. The molecule has 0 bridgehead atoms. The molecular formula is C58H48BN2. The number of nitrogens with zero attached hydrogens (tertiary/aromatic N) is 1. The van der Waals surface area contributed by atoms with Gasteiger partial charge >= 0.3 is 0 Å². The van der Waals surface area contributed by atoms with Gasteiger partial charge in [-0.05, 0) is 133 Å². The zero-order valence-corrected chi connectivity index (χ0v) is 35.8. The molecule has 0 aromatic heterocycles. The Morgan fingerprint density at radius 1 is 0.525 bits per heavy atom. The van der Waals surface area contributed by atoms with Crippen LogP contribution >= 0.6 is 0 Å². The Balaban J connectivity index is 1.18. The molecule has 1 heterocycles. The fraction of sp³-hybridized carbons (Fsp3) is 0.138. The summed E-state index contributed by atoms with van der Waals surface area (Å²) in [5, 5.41) is 8.77. The summed E-state index contributed by atoms with van der Waals surface area (Å²) in [5.74, 6) is 0. The van der Waals surface area contributed by atoms with Gasteiger partial charge in [0.05, 0.1) is 0 Å². The number of benzene rings is 9. The second-order valence-corrected chi connectivity index (χ2v) is 18.6. The van der Waals surface area contributed by atoms with Crippen LogP contribution in [0, 0.1) is 6.92 Å². The van der Waals surface area contributed by atoms with Crippen LogP contribution < -0.4 is 21.1 Å². The van der Waals surface area contributed by atoms with Gasteiger partial charge in [0.25, 0.3) is 0 Å². The Morgan fingerprint density at radius 2 is 1.20 bits per heavy atom. The van der Waals surface area contributed by atoms with E-state index in [0.29, 0.717) is 0 Å². The Kier molecular flexibility index (Phi) is 8.45. The summed E-state index contributed by atoms with van der Waals surface area (Å²) in [6.45, 7) is 13.8. The van der Waals surface area contributed by atoms with E-state index in [-0.39, 0.29) is 10.8 Å². The summed E-state index contributed by atoms with van der Waals surface area (Å²) in [6, 6.07) is 65.5. The number of nitrogens with one attached hydrogen (secondary N) is 1. The van der Waals surface area contributed by atoms with E-state index in [9.17, 15) is 0 Å². The first-order chi connectivity index (χ1) is 29.5. The minimum atomic E-state index is -0.139. The summed E-state index contributed by atoms with van der Waals surface area (Å²) in [7, 11) is 2.47. The van der Waals surface area contributed by atoms with E-state index >= 15 is 0 Å². The van der Waals surface area contributed by atoms with Gasteiger partial charge in [-0.2, -0.15) is 0 Å². The molecule has 1 aliphatic carbocycles. The highest BCUT2D eigenvalue weighted by molar-refractivity contribution is 6.74. The molecular weight excluding hydrogens is 735 g/mol. The number of anilines is 5. The molecule has 1 N–H and O–H groups in total. The fourth-order valence-corrected chi connectivity index (χ4v) is 10.0. The third-order valence-electron chi connectivity index (χ3n) is 13.3. The molecule has 1 aliphatic heterocycles. The Hall–Kier alpha value is -6.84. The average molecular weight is 784 g/mol. The van der Waals surface area contributed by atoms with Crippen molar-refractivity contribution < 1.29 is 0 Å². The standard InChI is InChI=1S/C58H48BN2/c1-36-30-40(37-16-8-7-9-17-37)24-29-53(36)61-54-35-50-46(45-22-14-15-23-49(45)58(50,5)6)34-51(54)59-55-48(32-41-20-12-13-21-44(41)56(55)61)47-31-38-18-10-11-19-39(38)33-52(47)60-43-27-25-42(26-28-43)57(2,3)4/h7-35,60H,1-6H3. The summed E-state index contributed by atoms with van der Waals surface area (Å²) >= 11 is 0. The molecule has 0 unspecified atom stereocenters. The minimum Gasteiger partial charge on any atom is -0.355 e. The van der Waals surface area contributed by atoms with E-state index in [1.54, 1.807) is 0 Å². The van der Waals surface area contributed by atoms with Crippen LogP contribution in [0.5, 0.6) is 0 Å². The van der Waals surface area contributed by atoms with Gasteiger partial charge in [0, 0.05) is 44.8 Å². The van der Waals surface area contributed by atoms with Crippen LogP contribution in [-0.2, 0) is 10.8 Å². The SMILES string of the molecule is Cc1cc(-c2ccccc2)ccc1N1c2cc3c(cc2[B]c2c(-c4cc5ccccc5cc4Nc4ccc(C(C)(C)C)cc4)cc4ccccc4c21)-c1ccccc1C3(C)C. The first kappa shape index (κ1) is 37.2. The van der Waals surface area contributed by atoms with Crippen molar-refractivity contribution in [3.8, 4) is 33.4 Å². The van der Waals surface area contributed by atoms with Gasteiger partial charge in [0.1, 0.15) is 0 Å². The number of rotatable bonds is 5. The number of aryl methyl sites for hydroxylation is 1. The normalized spacial score (nSPS) is 13.6. The predicted molar refractivity (Wildman–Crippen MR) is 263 cm³/mol. The topological polar surface area (TPSA) is 15.3 Å². The van der Waals surface area contributed by atoms with E-state index in [4.69, 9.17) is 0 Å². The van der Waals surface area contributed by atoms with Gasteiger partial charge in [-0.15, -0.1) is 0 Å². The quantitative estimate of drug-likeness (QED) is 0.175. The largest absolute Gasteiger partial charge is 0.355 e. The van der Waals surface area contributed by atoms with Gasteiger partial charge in [-0.3, -0.25) is 0 Å². The maximum absolute atomic E-state index is 3.92. The monoisotopic (exact) mass is 783 g/mol. The molecule has 2 aliphatic rings. The Bertz CT molecular complexity index is 3210. The van der Waals surface area contributed by atoms with Gasteiger partial charge < -0.3 is 10.2 Å². The summed E-state index contributed by atoms with van der Waals surface area (Å²) in [6.07, 6.45) is 0. The molecule has 0 saturated carbocycles. The first-order valence-corrected chi connectivity index (χ1v) is 21.6. The van der Waals surface area contributed by atoms with Crippen LogP contribution in [0.25, 0.3) is 54.9 Å². The van der Waals surface area contributed by atoms with Gasteiger partial charge in [-0.1, -0.05) is 167 Å². The molecule has 0 atom stereocenters. The molecule has 0 fully saturated rings. The number of hydrogen-bond donors (Lipinski definition) is 1. The minimum absolute atomic E-state index is 0.0764. The third kappa shape index (κ3) is 6.09. The summed E-state index contributed by atoms with van der Waals surface area (Å²) in [5.41, 5.74) is 20.9. The van der Waals surface area contributed by atoms with Crippen molar-refractivity contribution in [3.05, 3.63) is 198 Å². The average Bonchev–Trinajstić information content (AvgIpc) is 3.49. The molecule has 11 rings (SSSR count). The van der Waals surface area contributed by atoms with Crippen molar-refractivity contribution in [2.45, 2.75) is 52.4 Å². The molecule has 9 aromatic carbocycles. The van der Waals surface area contributed by atoms with Crippen molar-refractivity contribution >= 4 is 68.2 Å². The second-order valence-electron chi connectivity index (χ2n) is 18.6. The zero-order chi connectivity index (χ0) is 41.6. The van der Waals surface area contributed by atoms with Crippen molar-refractivity contribution in [2.24, 2.45) is 0 Å². The zero-order valence-electron chi connectivity index (χ0n) is 35.8. The van der Waals surface area contributed by atoms with E-state index in [1.807, 2.05) is 0 Å². The summed E-state index contributed by atoms with van der Waals surface area (Å²) in [4.78, 5) is 2.58. The molecule has 3 heteroatoms. The maximum Gasteiger partial charge on any atom is 0.197 e. The maximum atomic E-state index is 3.92. The van der Waals surface area contributed by atoms with Crippen LogP contribution in [0.4, 0.5) is 28.4 Å². The molecule has 9 aromatic rings. The van der Waals surface area contributed by atoms with Gasteiger partial charge in [0.15, 0.2) is 7.28 Å². The van der Waals surface area contributed by atoms with Crippen molar-refractivity contribution in [1.29, 1.82) is 0 Å². The molecule has 0 spiro atoms. The lowest BCUT2D eigenvalue weighted by Gasteiger charge is -2.38. The predicted octanol–water partition coefficient (Wildman–Crippen LogP) is 14.4. The fourth-order valence-electron chi connectivity index (χ4n) is 10.0. The van der Waals surface area contributed by atoms with Crippen LogP contribution in [0.15, 0.2) is 176 Å². The van der Waals surface area contributed by atoms with E-state index < -0.39 is 0 Å². The van der Waals surface area contributed by atoms with Gasteiger partial charge in [0.2, 0.25) is 0 Å². The van der Waals surface area contributed by atoms with Crippen LogP contribution in [0.2, 0.25) is 0 Å². The Labute approximate surface area is 360 Å². The van der Waals surface area contributed by atoms with E-state index in [1.165, 1.54) is 105 Å². The molecule has 1 radical (unpaired) electrons. The van der Waals surface area contributed by atoms with Crippen molar-refractivity contribution in [2.75, 3.05) is 10.2 Å². The van der Waals surface area contributed by atoms with Crippen molar-refractivity contribution in [1.82, 2.24) is 0 Å². The molecule has 0 saturated heterocycles. The van der Waals surface area contributed by atoms with Gasteiger partial charge in [-0.25, -0.2) is 0 Å². The lowest BCUT2D eigenvalue weighted by molar-refractivity contribution is 0.590. The van der Waals surface area contributed by atoms with E-state index in [2.05, 4.69) is 235 Å². The van der Waals surface area contributed by atoms with E-state index in [0.717, 1.165) is 11.4 Å². The molecule has 293 valence electrons. The van der Waals surface area contributed by atoms with Crippen LogP contribution in [-0.4, -0.2) is 7.28 Å². The van der Waals surface area contributed by atoms with Crippen LogP contribution in [0.1, 0.15) is 56.9 Å². The number of hydrogen-bond acceptors (Lipinski definition) is 2. The third-order valence-corrected chi connectivity index (χ3v) is 13.3. The molecule has 0 amide bonds. The van der Waals surface area contributed by atoms with Crippen molar-refractivity contribution in [3.63, 3.8) is 0 Å². The Morgan fingerprint density at radius 3 is 1.95 bits per heavy atom. The highest BCUT2D eigenvalue weighted by atomic mass is 15.2. The smallest absolute Gasteiger partial charge is 0.197 e. The highest BCUT2D eigenvalue weighted by Gasteiger charge is 2.39. The second kappa shape index (κ2) is 13.9. The van der Waals surface area contributed by atoms with Crippen LogP contribution in [0.3, 0.4) is 0 Å². The molecule has 2 nitrogen and oxygen atoms in total.